The number of hydrogen-bond acceptors (Lipinski definition) is 3. The highest BCUT2D eigenvalue weighted by molar-refractivity contribution is 5.96. The molecule has 0 fully saturated rings. The molecular weight excluding hydrogens is 254 g/mol. The number of carbonyl (C=O) groups is 2. The fraction of sp³-hybridized carbons (Fsp3) is 0.250. The van der Waals surface area contributed by atoms with Crippen LogP contribution in [0.1, 0.15) is 30.8 Å². The van der Waals surface area contributed by atoms with Crippen LogP contribution in [-0.2, 0) is 4.79 Å². The first kappa shape index (κ1) is 14.1. The number of anilines is 1. The lowest BCUT2D eigenvalue weighted by molar-refractivity contribution is -0.119. The molecule has 4 nitrogen and oxygen atoms in total. The van der Waals surface area contributed by atoms with Gasteiger partial charge in [0.1, 0.15) is 5.76 Å². The summed E-state index contributed by atoms with van der Waals surface area (Å²) in [4.78, 5) is 22.7. The van der Waals surface area contributed by atoms with Crippen LogP contribution in [0.3, 0.4) is 0 Å². The number of aldehydes is 1. The van der Waals surface area contributed by atoms with Gasteiger partial charge >= 0.3 is 0 Å². The van der Waals surface area contributed by atoms with Gasteiger partial charge in [-0.1, -0.05) is 26.0 Å². The van der Waals surface area contributed by atoms with Crippen LogP contribution in [0.2, 0.25) is 0 Å². The molecule has 20 heavy (non-hydrogen) atoms. The number of furan rings is 1. The van der Waals surface area contributed by atoms with Crippen LogP contribution in [0.4, 0.5) is 5.69 Å². The Hall–Kier alpha value is -2.36. The number of benzene rings is 1. The third-order valence-corrected chi connectivity index (χ3v) is 3.25. The van der Waals surface area contributed by atoms with E-state index in [2.05, 4.69) is 5.32 Å². The van der Waals surface area contributed by atoms with Crippen LogP contribution >= 0.6 is 0 Å². The Morgan fingerprint density at radius 1 is 1.30 bits per heavy atom. The van der Waals surface area contributed by atoms with Gasteiger partial charge in [-0.05, 0) is 30.7 Å². The van der Waals surface area contributed by atoms with E-state index < -0.39 is 0 Å². The number of para-hydroxylation sites is 1. The maximum absolute atomic E-state index is 12.0. The average Bonchev–Trinajstić information content (AvgIpc) is 2.95. The number of amides is 1. The fourth-order valence-corrected chi connectivity index (χ4v) is 1.81. The Bertz CT molecular complexity index is 616. The summed E-state index contributed by atoms with van der Waals surface area (Å²) >= 11 is 0. The Balaban J connectivity index is 2.30. The molecule has 1 unspecified atom stereocenters. The first-order valence-electron chi connectivity index (χ1n) is 6.61. The van der Waals surface area contributed by atoms with E-state index in [0.717, 1.165) is 12.0 Å². The van der Waals surface area contributed by atoms with Crippen molar-refractivity contribution in [1.82, 2.24) is 0 Å². The van der Waals surface area contributed by atoms with Gasteiger partial charge in [0.25, 0.3) is 0 Å². The van der Waals surface area contributed by atoms with Crippen LogP contribution < -0.4 is 5.32 Å². The molecule has 0 saturated carbocycles. The lowest BCUT2D eigenvalue weighted by Crippen LogP contribution is -2.19. The maximum Gasteiger partial charge on any atom is 0.227 e. The second kappa shape index (κ2) is 6.19. The summed E-state index contributed by atoms with van der Waals surface area (Å²) in [7, 11) is 0. The van der Waals surface area contributed by atoms with Crippen molar-refractivity contribution in [1.29, 1.82) is 0 Å². The predicted octanol–water partition coefficient (Wildman–Crippen LogP) is 3.74. The number of hydrogen-bond donors (Lipinski definition) is 1. The second-order valence-electron chi connectivity index (χ2n) is 4.66. The van der Waals surface area contributed by atoms with Gasteiger partial charge in [-0.2, -0.15) is 0 Å². The van der Waals surface area contributed by atoms with E-state index in [-0.39, 0.29) is 17.6 Å². The summed E-state index contributed by atoms with van der Waals surface area (Å²) in [6.07, 6.45) is 1.44. The molecule has 0 aliphatic carbocycles. The molecule has 0 aliphatic heterocycles. The number of nitrogens with one attached hydrogen (secondary N) is 1. The minimum Gasteiger partial charge on any atom is -0.453 e. The van der Waals surface area contributed by atoms with Gasteiger partial charge in [0.15, 0.2) is 12.0 Å². The van der Waals surface area contributed by atoms with Gasteiger partial charge in [-0.15, -0.1) is 0 Å². The summed E-state index contributed by atoms with van der Waals surface area (Å²) in [5.41, 5.74) is 1.45. The monoisotopic (exact) mass is 271 g/mol. The molecule has 1 aromatic heterocycles. The molecule has 4 heteroatoms. The first-order chi connectivity index (χ1) is 9.65. The molecule has 2 rings (SSSR count). The molecular formula is C16H17NO3. The van der Waals surface area contributed by atoms with Crippen LogP contribution in [0, 0.1) is 5.92 Å². The van der Waals surface area contributed by atoms with Crippen LogP contribution in [0.5, 0.6) is 0 Å². The highest BCUT2D eigenvalue weighted by atomic mass is 16.3. The molecule has 1 N–H and O–H groups in total. The van der Waals surface area contributed by atoms with E-state index in [9.17, 15) is 9.59 Å². The highest BCUT2D eigenvalue weighted by Crippen LogP contribution is 2.29. The third-order valence-electron chi connectivity index (χ3n) is 3.25. The SMILES string of the molecule is CCC(C)C(=O)Nc1ccccc1-c1ccc(C=O)o1. The minimum absolute atomic E-state index is 0.0258. The van der Waals surface area contributed by atoms with E-state index in [1.165, 1.54) is 0 Å². The molecule has 1 amide bonds. The summed E-state index contributed by atoms with van der Waals surface area (Å²) in [5, 5.41) is 2.90. The lowest BCUT2D eigenvalue weighted by Gasteiger charge is -2.12. The molecule has 0 aliphatic rings. The van der Waals surface area contributed by atoms with Gasteiger partial charge in [0.2, 0.25) is 5.91 Å². The Morgan fingerprint density at radius 3 is 2.70 bits per heavy atom. The second-order valence-corrected chi connectivity index (χ2v) is 4.66. The molecule has 0 saturated heterocycles. The lowest BCUT2D eigenvalue weighted by atomic mass is 10.1. The number of carbonyl (C=O) groups excluding carboxylic acids is 2. The molecule has 1 heterocycles. The van der Waals surface area contributed by atoms with Crippen molar-refractivity contribution in [3.63, 3.8) is 0 Å². The average molecular weight is 271 g/mol. The Kier molecular flexibility index (Phi) is 4.35. The summed E-state index contributed by atoms with van der Waals surface area (Å²) in [6.45, 7) is 3.86. The van der Waals surface area contributed by atoms with Gasteiger partial charge < -0.3 is 9.73 Å². The van der Waals surface area contributed by atoms with Gasteiger partial charge in [0, 0.05) is 11.5 Å². The van der Waals surface area contributed by atoms with Gasteiger partial charge in [-0.3, -0.25) is 9.59 Å². The largest absolute Gasteiger partial charge is 0.453 e. The topological polar surface area (TPSA) is 59.3 Å². The van der Waals surface area contributed by atoms with Crippen molar-refractivity contribution < 1.29 is 14.0 Å². The molecule has 0 spiro atoms. The quantitative estimate of drug-likeness (QED) is 0.843. The van der Waals surface area contributed by atoms with Crippen LogP contribution in [0.25, 0.3) is 11.3 Å². The van der Waals surface area contributed by atoms with Gasteiger partial charge in [-0.25, -0.2) is 0 Å². The molecule has 2 aromatic rings. The third kappa shape index (κ3) is 2.96. The van der Waals surface area contributed by atoms with E-state index in [0.29, 0.717) is 17.7 Å². The van der Waals surface area contributed by atoms with E-state index >= 15 is 0 Å². The maximum atomic E-state index is 12.0. The van der Waals surface area contributed by atoms with Crippen molar-refractivity contribution in [3.8, 4) is 11.3 Å². The summed E-state index contributed by atoms with van der Waals surface area (Å²) < 4.78 is 5.41. The van der Waals surface area contributed by atoms with Gasteiger partial charge in [0.05, 0.1) is 5.69 Å². The van der Waals surface area contributed by atoms with Crippen molar-refractivity contribution in [2.45, 2.75) is 20.3 Å². The molecule has 1 aromatic carbocycles. The predicted molar refractivity (Wildman–Crippen MR) is 77.6 cm³/mol. The molecule has 0 bridgehead atoms. The smallest absolute Gasteiger partial charge is 0.227 e. The van der Waals surface area contributed by atoms with Crippen molar-refractivity contribution in [3.05, 3.63) is 42.2 Å². The Labute approximate surface area is 117 Å². The first-order valence-corrected chi connectivity index (χ1v) is 6.61. The molecule has 104 valence electrons. The zero-order valence-electron chi connectivity index (χ0n) is 11.6. The highest BCUT2D eigenvalue weighted by Gasteiger charge is 2.14. The van der Waals surface area contributed by atoms with Crippen molar-refractivity contribution in [2.75, 3.05) is 5.32 Å². The minimum atomic E-state index is -0.0507. The van der Waals surface area contributed by atoms with Crippen LogP contribution in [-0.4, -0.2) is 12.2 Å². The summed E-state index contributed by atoms with van der Waals surface area (Å²) in [6, 6.07) is 10.7. The zero-order chi connectivity index (χ0) is 14.5. The van der Waals surface area contributed by atoms with E-state index in [1.54, 1.807) is 12.1 Å². The van der Waals surface area contributed by atoms with E-state index in [1.807, 2.05) is 38.1 Å². The number of rotatable bonds is 5. The molecule has 0 radical (unpaired) electrons. The summed E-state index contributed by atoms with van der Waals surface area (Å²) in [5.74, 6) is 0.752. The van der Waals surface area contributed by atoms with Crippen molar-refractivity contribution in [2.24, 2.45) is 5.92 Å². The Morgan fingerprint density at radius 2 is 2.05 bits per heavy atom. The normalized spacial score (nSPS) is 11.9. The van der Waals surface area contributed by atoms with Crippen molar-refractivity contribution >= 4 is 17.9 Å². The standard InChI is InChI=1S/C16H17NO3/c1-3-11(2)16(19)17-14-7-5-4-6-13(14)15-9-8-12(10-18)20-15/h4-11H,3H2,1-2H3,(H,17,19). The molecule has 1 atom stereocenters. The zero-order valence-corrected chi connectivity index (χ0v) is 11.6. The van der Waals surface area contributed by atoms with Crippen LogP contribution in [0.15, 0.2) is 40.8 Å². The fourth-order valence-electron chi connectivity index (χ4n) is 1.81. The van der Waals surface area contributed by atoms with E-state index in [4.69, 9.17) is 4.42 Å².